The molecule has 0 N–H and O–H groups in total. The van der Waals surface area contributed by atoms with Gasteiger partial charge in [0.1, 0.15) is 0 Å². The van der Waals surface area contributed by atoms with Crippen LogP contribution in [0.3, 0.4) is 0 Å². The molecule has 0 amide bonds. The molecule has 0 aliphatic carbocycles. The van der Waals surface area contributed by atoms with E-state index in [1.165, 1.54) is 0 Å². The first-order chi connectivity index (χ1) is 6.57. The summed E-state index contributed by atoms with van der Waals surface area (Å²) in [6.07, 6.45) is 4.51. The number of hydrogen-bond donors (Lipinski definition) is 0. The van der Waals surface area contributed by atoms with Gasteiger partial charge in [0, 0.05) is 12.3 Å². The third-order valence-corrected chi connectivity index (χ3v) is 2.63. The third-order valence-electron chi connectivity index (χ3n) is 2.13. The van der Waals surface area contributed by atoms with Crippen molar-refractivity contribution in [1.82, 2.24) is 0 Å². The van der Waals surface area contributed by atoms with Gasteiger partial charge in [-0.25, -0.2) is 0 Å². The number of carbonyl (C=O) groups is 2. The van der Waals surface area contributed by atoms with E-state index in [0.29, 0.717) is 6.42 Å². The van der Waals surface area contributed by atoms with E-state index in [1.54, 1.807) is 0 Å². The largest absolute Gasteiger partial charge is 0.281 e. The fraction of sp³-hybridized carbons (Fsp3) is 0.800. The van der Waals surface area contributed by atoms with Crippen LogP contribution in [0.2, 0.25) is 0 Å². The molecule has 0 aromatic rings. The van der Waals surface area contributed by atoms with Crippen molar-refractivity contribution < 1.29 is 9.59 Å². The molecule has 0 spiro atoms. The quantitative estimate of drug-likeness (QED) is 0.480. The van der Waals surface area contributed by atoms with E-state index in [0.717, 1.165) is 32.1 Å². The Morgan fingerprint density at radius 1 is 1.14 bits per heavy atom. The van der Waals surface area contributed by atoms with Crippen LogP contribution in [0.5, 0.6) is 0 Å². The van der Waals surface area contributed by atoms with E-state index in [1.807, 2.05) is 6.92 Å². The minimum atomic E-state index is -0.311. The number of halogens is 2. The summed E-state index contributed by atoms with van der Waals surface area (Å²) in [6, 6.07) is 0. The third kappa shape index (κ3) is 7.34. The number of hydrogen-bond acceptors (Lipinski definition) is 2. The lowest BCUT2D eigenvalue weighted by atomic mass is 9.98. The van der Waals surface area contributed by atoms with Gasteiger partial charge in [0.2, 0.25) is 10.5 Å². The first-order valence-electron chi connectivity index (χ1n) is 4.95. The van der Waals surface area contributed by atoms with E-state index in [-0.39, 0.29) is 16.4 Å². The molecule has 0 saturated heterocycles. The van der Waals surface area contributed by atoms with Crippen molar-refractivity contribution in [2.45, 2.75) is 45.4 Å². The van der Waals surface area contributed by atoms with Gasteiger partial charge in [0.15, 0.2) is 0 Å². The van der Waals surface area contributed by atoms with E-state index in [9.17, 15) is 9.59 Å². The summed E-state index contributed by atoms with van der Waals surface area (Å²) in [5.41, 5.74) is 0. The van der Waals surface area contributed by atoms with Crippen molar-refractivity contribution in [1.29, 1.82) is 0 Å². The van der Waals surface area contributed by atoms with Gasteiger partial charge in [-0.1, -0.05) is 19.8 Å². The monoisotopic (exact) mass is 238 g/mol. The summed E-state index contributed by atoms with van der Waals surface area (Å²) in [5.74, 6) is -0.0490. The molecule has 14 heavy (non-hydrogen) atoms. The average molecular weight is 239 g/mol. The summed E-state index contributed by atoms with van der Waals surface area (Å²) in [6.45, 7) is 2.02. The molecule has 0 bridgehead atoms. The molecule has 2 nitrogen and oxygen atoms in total. The van der Waals surface area contributed by atoms with Crippen LogP contribution >= 0.6 is 23.2 Å². The van der Waals surface area contributed by atoms with Gasteiger partial charge in [-0.15, -0.1) is 0 Å². The highest BCUT2D eigenvalue weighted by Gasteiger charge is 2.14. The first-order valence-corrected chi connectivity index (χ1v) is 5.71. The molecule has 0 aromatic heterocycles. The van der Waals surface area contributed by atoms with Crippen LogP contribution in [0.15, 0.2) is 0 Å². The van der Waals surface area contributed by atoms with Gasteiger partial charge in [-0.3, -0.25) is 9.59 Å². The number of carbonyl (C=O) groups excluding carboxylic acids is 2. The van der Waals surface area contributed by atoms with Crippen molar-refractivity contribution in [2.75, 3.05) is 0 Å². The second-order valence-electron chi connectivity index (χ2n) is 3.39. The normalized spacial score (nSPS) is 12.5. The molecule has 0 aliphatic rings. The van der Waals surface area contributed by atoms with Crippen LogP contribution in [-0.2, 0) is 9.59 Å². The van der Waals surface area contributed by atoms with Gasteiger partial charge in [-0.2, -0.15) is 0 Å². The van der Waals surface area contributed by atoms with Crippen molar-refractivity contribution in [3.63, 3.8) is 0 Å². The molecule has 0 radical (unpaired) electrons. The summed E-state index contributed by atoms with van der Waals surface area (Å²) in [7, 11) is 0. The van der Waals surface area contributed by atoms with Crippen molar-refractivity contribution >= 4 is 33.7 Å². The molecular weight excluding hydrogens is 223 g/mol. The molecular formula is C10H16Cl2O2. The molecule has 0 heterocycles. The lowest BCUT2D eigenvalue weighted by molar-refractivity contribution is -0.115. The van der Waals surface area contributed by atoms with Crippen LogP contribution in [0, 0.1) is 5.92 Å². The molecule has 0 aliphatic heterocycles. The molecule has 82 valence electrons. The standard InChI is InChI=1S/C10H16Cl2O2/c1-2-5-8(10(12)14)6-3-4-7-9(11)13/h8H,2-7H2,1H3. The number of rotatable bonds is 8. The number of unbranched alkanes of at least 4 members (excludes halogenated alkanes) is 1. The topological polar surface area (TPSA) is 34.1 Å². The predicted octanol–water partition coefficient (Wildman–Crippen LogP) is 3.49. The Hall–Kier alpha value is -0.0800. The first kappa shape index (κ1) is 13.9. The lowest BCUT2D eigenvalue weighted by Gasteiger charge is -2.09. The summed E-state index contributed by atoms with van der Waals surface area (Å²) < 4.78 is 0. The predicted molar refractivity (Wildman–Crippen MR) is 58.6 cm³/mol. The van der Waals surface area contributed by atoms with E-state index in [2.05, 4.69) is 0 Å². The van der Waals surface area contributed by atoms with Crippen LogP contribution in [0.1, 0.15) is 45.4 Å². The fourth-order valence-electron chi connectivity index (χ4n) is 1.37. The molecule has 0 fully saturated rings. The van der Waals surface area contributed by atoms with Gasteiger partial charge in [0.25, 0.3) is 0 Å². The Morgan fingerprint density at radius 2 is 1.79 bits per heavy atom. The molecule has 0 rings (SSSR count). The van der Waals surface area contributed by atoms with Gasteiger partial charge >= 0.3 is 0 Å². The maximum absolute atomic E-state index is 10.9. The van der Waals surface area contributed by atoms with E-state index in [4.69, 9.17) is 23.2 Å². The van der Waals surface area contributed by atoms with Crippen LogP contribution in [-0.4, -0.2) is 10.5 Å². The zero-order valence-electron chi connectivity index (χ0n) is 8.39. The minimum Gasteiger partial charge on any atom is -0.281 e. The van der Waals surface area contributed by atoms with Crippen molar-refractivity contribution in [3.05, 3.63) is 0 Å². The summed E-state index contributed by atoms with van der Waals surface area (Å²) in [5, 5.41) is -0.571. The van der Waals surface area contributed by atoms with E-state index >= 15 is 0 Å². The highest BCUT2D eigenvalue weighted by molar-refractivity contribution is 6.64. The maximum Gasteiger partial charge on any atom is 0.224 e. The Balaban J connectivity index is 3.61. The molecule has 1 unspecified atom stereocenters. The van der Waals surface area contributed by atoms with Gasteiger partial charge in [-0.05, 0) is 42.5 Å². The lowest BCUT2D eigenvalue weighted by Crippen LogP contribution is -2.08. The summed E-state index contributed by atoms with van der Waals surface area (Å²) in [4.78, 5) is 21.4. The SMILES string of the molecule is CCCC(CCCCC(=O)Cl)C(=O)Cl. The van der Waals surface area contributed by atoms with Gasteiger partial charge < -0.3 is 0 Å². The van der Waals surface area contributed by atoms with Crippen LogP contribution in [0.4, 0.5) is 0 Å². The van der Waals surface area contributed by atoms with Crippen LogP contribution in [0.25, 0.3) is 0 Å². The Kier molecular flexibility index (Phi) is 8.20. The average Bonchev–Trinajstić information content (AvgIpc) is 2.09. The van der Waals surface area contributed by atoms with Gasteiger partial charge in [0.05, 0.1) is 0 Å². The molecule has 0 saturated carbocycles. The second kappa shape index (κ2) is 8.25. The second-order valence-corrected chi connectivity index (χ2v) is 4.18. The van der Waals surface area contributed by atoms with Crippen molar-refractivity contribution in [2.24, 2.45) is 5.92 Å². The highest BCUT2D eigenvalue weighted by Crippen LogP contribution is 2.18. The minimum absolute atomic E-state index is 0.0490. The zero-order valence-corrected chi connectivity index (χ0v) is 9.90. The zero-order chi connectivity index (χ0) is 11.0. The van der Waals surface area contributed by atoms with Crippen molar-refractivity contribution in [3.8, 4) is 0 Å². The highest BCUT2D eigenvalue weighted by atomic mass is 35.5. The summed E-state index contributed by atoms with van der Waals surface area (Å²) >= 11 is 10.6. The molecule has 0 aromatic carbocycles. The Labute approximate surface area is 95.0 Å². The van der Waals surface area contributed by atoms with Crippen LogP contribution < -0.4 is 0 Å². The molecule has 4 heteroatoms. The smallest absolute Gasteiger partial charge is 0.224 e. The molecule has 1 atom stereocenters. The Bertz CT molecular complexity index is 193. The maximum atomic E-state index is 10.9. The van der Waals surface area contributed by atoms with E-state index < -0.39 is 0 Å². The Morgan fingerprint density at radius 3 is 2.21 bits per heavy atom. The fourth-order valence-corrected chi connectivity index (χ4v) is 1.73.